The van der Waals surface area contributed by atoms with Gasteiger partial charge in [-0.3, -0.25) is 9.59 Å². The lowest BCUT2D eigenvalue weighted by Crippen LogP contribution is -2.25. The van der Waals surface area contributed by atoms with Crippen molar-refractivity contribution in [3.63, 3.8) is 0 Å². The van der Waals surface area contributed by atoms with Gasteiger partial charge in [0.2, 0.25) is 0 Å². The van der Waals surface area contributed by atoms with Crippen LogP contribution in [0.15, 0.2) is 48.6 Å². The molecule has 0 aromatic rings. The smallest absolute Gasteiger partial charge is 0.305 e. The zero-order valence-corrected chi connectivity index (χ0v) is 29.1. The van der Waals surface area contributed by atoms with E-state index in [1.165, 1.54) is 51.4 Å². The van der Waals surface area contributed by atoms with Crippen LogP contribution in [0.2, 0.25) is 0 Å². The number of unbranched alkanes of at least 4 members (excludes halogenated alkanes) is 11. The predicted octanol–water partition coefficient (Wildman–Crippen LogP) is 9.89. The molecular weight excluding hydrogens is 564 g/mol. The van der Waals surface area contributed by atoms with Crippen molar-refractivity contribution in [2.75, 3.05) is 13.2 Å². The molecule has 0 radical (unpaired) electrons. The molecule has 2 N–H and O–H groups in total. The van der Waals surface area contributed by atoms with Crippen LogP contribution in [-0.4, -0.2) is 47.6 Å². The van der Waals surface area contributed by atoms with E-state index in [1.54, 1.807) is 0 Å². The summed E-state index contributed by atoms with van der Waals surface area (Å²) in [6, 6.07) is 0. The zero-order chi connectivity index (χ0) is 33.2. The topological polar surface area (TPSA) is 93.1 Å². The highest BCUT2D eigenvalue weighted by atomic mass is 16.6. The Labute approximate surface area is 276 Å². The van der Waals surface area contributed by atoms with Gasteiger partial charge in [0.1, 0.15) is 19.3 Å². The van der Waals surface area contributed by atoms with E-state index < -0.39 is 6.10 Å². The first-order chi connectivity index (χ1) is 21.8. The van der Waals surface area contributed by atoms with Crippen molar-refractivity contribution >= 4 is 11.9 Å². The van der Waals surface area contributed by atoms with Crippen molar-refractivity contribution in [3.05, 3.63) is 48.6 Å². The second-order valence-electron chi connectivity index (χ2n) is 12.8. The van der Waals surface area contributed by atoms with Crippen LogP contribution < -0.4 is 0 Å². The van der Waals surface area contributed by atoms with Gasteiger partial charge in [-0.1, -0.05) is 127 Å². The third kappa shape index (κ3) is 36.2. The average molecular weight is 633 g/mol. The Morgan fingerprint density at radius 2 is 0.911 bits per heavy atom. The maximum absolute atomic E-state index is 11.9. The highest BCUT2D eigenvalue weighted by Crippen LogP contribution is 2.14. The molecule has 0 amide bonds. The van der Waals surface area contributed by atoms with Crippen LogP contribution in [-0.2, 0) is 19.1 Å². The Morgan fingerprint density at radius 3 is 1.38 bits per heavy atom. The van der Waals surface area contributed by atoms with Gasteiger partial charge in [-0.15, -0.1) is 0 Å². The monoisotopic (exact) mass is 633 g/mol. The van der Waals surface area contributed by atoms with Crippen molar-refractivity contribution < 1.29 is 29.3 Å². The molecule has 2 atom stereocenters. The van der Waals surface area contributed by atoms with Crippen molar-refractivity contribution in [1.29, 1.82) is 0 Å². The molecule has 0 rings (SSSR count). The lowest BCUT2D eigenvalue weighted by Gasteiger charge is -2.12. The molecule has 6 heteroatoms. The molecule has 6 nitrogen and oxygen atoms in total. The molecule has 260 valence electrons. The number of carbonyl (C=O) groups excluding carboxylic acids is 2. The van der Waals surface area contributed by atoms with Crippen LogP contribution in [0.5, 0.6) is 0 Å². The normalized spacial score (nSPS) is 13.6. The van der Waals surface area contributed by atoms with Gasteiger partial charge in [-0.25, -0.2) is 0 Å². The Kier molecular flexibility index (Phi) is 31.6. The van der Waals surface area contributed by atoms with E-state index in [-0.39, 0.29) is 31.3 Å². The molecule has 0 aliphatic rings. The molecule has 0 fully saturated rings. The number of hydrogen-bond donors (Lipinski definition) is 2. The molecule has 0 unspecified atom stereocenters. The van der Waals surface area contributed by atoms with Gasteiger partial charge >= 0.3 is 11.9 Å². The fourth-order valence-corrected chi connectivity index (χ4v) is 4.75. The first-order valence-electron chi connectivity index (χ1n) is 18.1. The number of hydrogen-bond acceptors (Lipinski definition) is 6. The number of rotatable bonds is 31. The summed E-state index contributed by atoms with van der Waals surface area (Å²) in [6.07, 6.45) is 37.3. The van der Waals surface area contributed by atoms with Crippen molar-refractivity contribution in [1.82, 2.24) is 0 Å². The Balaban J connectivity index is 3.57. The molecule has 0 spiro atoms. The van der Waals surface area contributed by atoms with Crippen LogP contribution in [0.1, 0.15) is 156 Å². The fourth-order valence-electron chi connectivity index (χ4n) is 4.75. The SMILES string of the molecule is CC(C)CCCCCCCCCCCCC(=O)OC[C@@H](O)COC(=O)CCC/C=C\C/C=C\C/C=C\C/C=C\CCC[C@@H](C)O. The van der Waals surface area contributed by atoms with E-state index in [4.69, 9.17) is 9.47 Å². The predicted molar refractivity (Wildman–Crippen MR) is 188 cm³/mol. The van der Waals surface area contributed by atoms with Crippen molar-refractivity contribution in [3.8, 4) is 0 Å². The van der Waals surface area contributed by atoms with E-state index in [0.717, 1.165) is 70.1 Å². The first-order valence-corrected chi connectivity index (χ1v) is 18.1. The summed E-state index contributed by atoms with van der Waals surface area (Å²) in [5.41, 5.74) is 0. The minimum atomic E-state index is -0.993. The summed E-state index contributed by atoms with van der Waals surface area (Å²) < 4.78 is 10.3. The number of ether oxygens (including phenoxy) is 2. The van der Waals surface area contributed by atoms with Gasteiger partial charge in [-0.05, 0) is 70.6 Å². The highest BCUT2D eigenvalue weighted by molar-refractivity contribution is 5.69. The first kappa shape index (κ1) is 42.8. The van der Waals surface area contributed by atoms with Crippen LogP contribution in [0.3, 0.4) is 0 Å². The third-order valence-electron chi connectivity index (χ3n) is 7.51. The minimum Gasteiger partial charge on any atom is -0.463 e. The summed E-state index contributed by atoms with van der Waals surface area (Å²) >= 11 is 0. The van der Waals surface area contributed by atoms with Crippen molar-refractivity contribution in [2.24, 2.45) is 5.92 Å². The average Bonchev–Trinajstić information content (AvgIpc) is 3.00. The molecule has 0 heterocycles. The molecule has 0 aromatic heterocycles. The fraction of sp³-hybridized carbons (Fsp3) is 0.744. The Hall–Kier alpha value is -2.18. The van der Waals surface area contributed by atoms with Crippen LogP contribution in [0.25, 0.3) is 0 Å². The zero-order valence-electron chi connectivity index (χ0n) is 29.1. The lowest BCUT2D eigenvalue weighted by atomic mass is 10.0. The third-order valence-corrected chi connectivity index (χ3v) is 7.51. The number of carbonyl (C=O) groups is 2. The molecule has 0 saturated heterocycles. The quantitative estimate of drug-likeness (QED) is 0.0449. The van der Waals surface area contributed by atoms with Gasteiger partial charge in [0.05, 0.1) is 6.10 Å². The molecule has 0 bridgehead atoms. The van der Waals surface area contributed by atoms with Crippen molar-refractivity contribution in [2.45, 2.75) is 168 Å². The van der Waals surface area contributed by atoms with E-state index in [9.17, 15) is 19.8 Å². The number of allylic oxidation sites excluding steroid dienone is 8. The highest BCUT2D eigenvalue weighted by Gasteiger charge is 2.12. The summed E-state index contributed by atoms with van der Waals surface area (Å²) in [7, 11) is 0. The van der Waals surface area contributed by atoms with E-state index in [1.807, 2.05) is 6.92 Å². The van der Waals surface area contributed by atoms with E-state index in [2.05, 4.69) is 62.5 Å². The summed E-state index contributed by atoms with van der Waals surface area (Å²) in [6.45, 7) is 6.11. The molecule has 0 saturated carbocycles. The number of aliphatic hydroxyl groups excluding tert-OH is 2. The maximum Gasteiger partial charge on any atom is 0.305 e. The maximum atomic E-state index is 11.9. The van der Waals surface area contributed by atoms with Gasteiger partial charge in [0.15, 0.2) is 0 Å². The standard InChI is InChI=1S/C39H68O6/c1-35(2)29-25-21-17-13-11-12-16-20-24-28-32-39(43)45-34-37(41)33-44-38(42)31-27-23-19-15-10-8-6-4-5-7-9-14-18-22-26-30-36(3)40/h5-8,14-15,18-19,35-37,40-41H,4,9-13,16-17,20-34H2,1-3H3/b7-5-,8-6-,18-14-,19-15-/t36-,37+/m1/s1. The van der Waals surface area contributed by atoms with E-state index >= 15 is 0 Å². The summed E-state index contributed by atoms with van der Waals surface area (Å²) in [4.78, 5) is 23.8. The second kappa shape index (κ2) is 33.2. The van der Waals surface area contributed by atoms with E-state index in [0.29, 0.717) is 19.3 Å². The lowest BCUT2D eigenvalue weighted by molar-refractivity contribution is -0.152. The minimum absolute atomic E-state index is 0.141. The van der Waals surface area contributed by atoms with Gasteiger partial charge in [0.25, 0.3) is 0 Å². The van der Waals surface area contributed by atoms with Gasteiger partial charge < -0.3 is 19.7 Å². The molecular formula is C39H68O6. The molecule has 0 aromatic carbocycles. The number of esters is 2. The molecule has 45 heavy (non-hydrogen) atoms. The van der Waals surface area contributed by atoms with Gasteiger partial charge in [-0.2, -0.15) is 0 Å². The summed E-state index contributed by atoms with van der Waals surface area (Å²) in [5.74, 6) is 0.173. The Bertz CT molecular complexity index is 795. The van der Waals surface area contributed by atoms with Crippen LogP contribution in [0.4, 0.5) is 0 Å². The molecule has 0 aliphatic heterocycles. The largest absolute Gasteiger partial charge is 0.463 e. The Morgan fingerprint density at radius 1 is 0.511 bits per heavy atom. The summed E-state index contributed by atoms with van der Waals surface area (Å²) in [5, 5.41) is 19.2. The van der Waals surface area contributed by atoms with Gasteiger partial charge in [0, 0.05) is 12.8 Å². The second-order valence-corrected chi connectivity index (χ2v) is 12.8. The van der Waals surface area contributed by atoms with Crippen LogP contribution in [0, 0.1) is 5.92 Å². The molecule has 0 aliphatic carbocycles. The van der Waals surface area contributed by atoms with Crippen LogP contribution >= 0.6 is 0 Å². The number of aliphatic hydroxyl groups is 2.